The fraction of sp³-hybridized carbons (Fsp3) is 0. The van der Waals surface area contributed by atoms with Crippen molar-refractivity contribution in [1.82, 2.24) is 9.97 Å². The van der Waals surface area contributed by atoms with Crippen LogP contribution in [0.25, 0.3) is 21.3 Å². The zero-order chi connectivity index (χ0) is 12.7. The van der Waals surface area contributed by atoms with Gasteiger partial charge in [-0.05, 0) is 17.7 Å². The molecule has 0 atom stereocenters. The van der Waals surface area contributed by atoms with Crippen molar-refractivity contribution in [3.63, 3.8) is 0 Å². The van der Waals surface area contributed by atoms with Crippen LogP contribution in [-0.2, 0) is 0 Å². The van der Waals surface area contributed by atoms with Crippen molar-refractivity contribution in [3.8, 4) is 11.1 Å². The molecule has 2 N–H and O–H groups in total. The second-order valence-corrected chi connectivity index (χ2v) is 5.56. The number of thiophene rings is 1. The highest BCUT2D eigenvalue weighted by Gasteiger charge is 2.10. The summed E-state index contributed by atoms with van der Waals surface area (Å²) in [5.74, 6) is 0. The first-order valence-corrected chi connectivity index (χ1v) is 6.82. The number of nitrogens with one attached hydrogen (secondary N) is 2. The van der Waals surface area contributed by atoms with Gasteiger partial charge in [-0.3, -0.25) is 9.78 Å². The molecule has 0 aliphatic carbocycles. The van der Waals surface area contributed by atoms with E-state index in [0.29, 0.717) is 10.2 Å². The highest BCUT2D eigenvalue weighted by atomic mass is 79.9. The first-order chi connectivity index (χ1) is 8.65. The molecular weight excluding hydrogens is 316 g/mol. The van der Waals surface area contributed by atoms with E-state index in [1.807, 2.05) is 29.6 Å². The summed E-state index contributed by atoms with van der Waals surface area (Å²) in [5, 5.41) is 1.87. The maximum Gasteiger partial charge on any atom is 0.326 e. The van der Waals surface area contributed by atoms with Crippen LogP contribution in [-0.4, -0.2) is 9.97 Å². The molecule has 0 radical (unpaired) electrons. The number of aromatic nitrogens is 2. The van der Waals surface area contributed by atoms with Crippen molar-refractivity contribution in [2.24, 2.45) is 0 Å². The summed E-state index contributed by atoms with van der Waals surface area (Å²) in [6.45, 7) is 0. The molecule has 18 heavy (non-hydrogen) atoms. The lowest BCUT2D eigenvalue weighted by Gasteiger charge is -1.99. The minimum Gasteiger partial charge on any atom is -0.305 e. The monoisotopic (exact) mass is 322 g/mol. The van der Waals surface area contributed by atoms with Crippen LogP contribution in [0, 0.1) is 0 Å². The van der Waals surface area contributed by atoms with E-state index in [4.69, 9.17) is 0 Å². The van der Waals surface area contributed by atoms with Gasteiger partial charge in [-0.2, -0.15) is 0 Å². The lowest BCUT2D eigenvalue weighted by Crippen LogP contribution is -2.20. The Kier molecular flexibility index (Phi) is 2.68. The minimum absolute atomic E-state index is 0.345. The summed E-state index contributed by atoms with van der Waals surface area (Å²) in [4.78, 5) is 27.9. The quantitative estimate of drug-likeness (QED) is 0.723. The van der Waals surface area contributed by atoms with Crippen molar-refractivity contribution >= 4 is 37.5 Å². The van der Waals surface area contributed by atoms with Crippen LogP contribution in [0.2, 0.25) is 0 Å². The van der Waals surface area contributed by atoms with Crippen LogP contribution in [0.3, 0.4) is 0 Å². The van der Waals surface area contributed by atoms with E-state index in [9.17, 15) is 9.59 Å². The van der Waals surface area contributed by atoms with Crippen LogP contribution in [0.1, 0.15) is 0 Å². The predicted octanol–water partition coefficient (Wildman–Crippen LogP) is 2.71. The third kappa shape index (κ3) is 1.83. The van der Waals surface area contributed by atoms with E-state index in [0.717, 1.165) is 15.6 Å². The van der Waals surface area contributed by atoms with Gasteiger partial charge in [-0.1, -0.05) is 28.1 Å². The van der Waals surface area contributed by atoms with E-state index in [1.165, 1.54) is 11.3 Å². The van der Waals surface area contributed by atoms with Crippen LogP contribution >= 0.6 is 27.3 Å². The number of hydrogen-bond donors (Lipinski definition) is 2. The Labute approximate surface area is 113 Å². The molecule has 1 aromatic carbocycles. The Hall–Kier alpha value is -1.66. The molecule has 3 rings (SSSR count). The maximum atomic E-state index is 11.6. The van der Waals surface area contributed by atoms with Gasteiger partial charge >= 0.3 is 5.69 Å². The fourth-order valence-electron chi connectivity index (χ4n) is 1.80. The second kappa shape index (κ2) is 4.22. The zero-order valence-electron chi connectivity index (χ0n) is 8.99. The minimum atomic E-state index is -0.482. The van der Waals surface area contributed by atoms with Crippen LogP contribution in [0.5, 0.6) is 0 Å². The van der Waals surface area contributed by atoms with E-state index in [-0.39, 0.29) is 5.56 Å². The molecule has 2 heterocycles. The van der Waals surface area contributed by atoms with Gasteiger partial charge in [0, 0.05) is 15.4 Å². The van der Waals surface area contributed by atoms with E-state index < -0.39 is 5.69 Å². The molecular formula is C12H7BrN2O2S. The first kappa shape index (κ1) is 11.4. The summed E-state index contributed by atoms with van der Waals surface area (Å²) in [7, 11) is 0. The van der Waals surface area contributed by atoms with Gasteiger partial charge in [0.05, 0.1) is 5.52 Å². The Bertz CT molecular complexity index is 830. The molecule has 3 aromatic rings. The molecule has 0 spiro atoms. The largest absolute Gasteiger partial charge is 0.326 e. The van der Waals surface area contributed by atoms with E-state index in [1.54, 1.807) is 0 Å². The molecule has 0 amide bonds. The number of benzene rings is 1. The Morgan fingerprint density at radius 3 is 2.50 bits per heavy atom. The lowest BCUT2D eigenvalue weighted by atomic mass is 10.1. The summed E-state index contributed by atoms with van der Waals surface area (Å²) in [6.07, 6.45) is 0. The Morgan fingerprint density at radius 1 is 1.06 bits per heavy atom. The van der Waals surface area contributed by atoms with E-state index in [2.05, 4.69) is 25.9 Å². The second-order valence-electron chi connectivity index (χ2n) is 3.77. The molecule has 0 aliphatic rings. The van der Waals surface area contributed by atoms with Crippen molar-refractivity contribution < 1.29 is 0 Å². The molecule has 0 unspecified atom stereocenters. The molecule has 0 aliphatic heterocycles. The SMILES string of the molecule is O=c1[nH]c(=O)c2scc(-c3ccc(Br)cc3)c2[nH]1. The van der Waals surface area contributed by atoms with Crippen molar-refractivity contribution in [3.05, 3.63) is 55.0 Å². The maximum absolute atomic E-state index is 11.6. The van der Waals surface area contributed by atoms with E-state index >= 15 is 0 Å². The third-order valence-corrected chi connectivity index (χ3v) is 4.13. The van der Waals surface area contributed by atoms with Crippen molar-refractivity contribution in [1.29, 1.82) is 0 Å². The van der Waals surface area contributed by atoms with Crippen LogP contribution in [0.4, 0.5) is 0 Å². The normalized spacial score (nSPS) is 10.9. The van der Waals surface area contributed by atoms with Gasteiger partial charge in [-0.15, -0.1) is 11.3 Å². The van der Waals surface area contributed by atoms with Crippen LogP contribution < -0.4 is 11.2 Å². The Balaban J connectivity index is 2.33. The number of fused-ring (bicyclic) bond motifs is 1. The number of halogens is 1. The number of rotatable bonds is 1. The molecule has 6 heteroatoms. The standard InChI is InChI=1S/C12H7BrN2O2S/c13-7-3-1-6(2-4-7)8-5-18-10-9(8)14-12(17)15-11(10)16/h1-5H,(H2,14,15,16,17). The molecule has 0 saturated carbocycles. The van der Waals surface area contributed by atoms with Gasteiger partial charge in [0.25, 0.3) is 5.56 Å². The average Bonchev–Trinajstić information content (AvgIpc) is 2.74. The zero-order valence-corrected chi connectivity index (χ0v) is 11.4. The fourth-order valence-corrected chi connectivity index (χ4v) is 2.99. The van der Waals surface area contributed by atoms with Gasteiger partial charge in [0.2, 0.25) is 0 Å². The molecule has 90 valence electrons. The summed E-state index contributed by atoms with van der Waals surface area (Å²) in [5.41, 5.74) is 1.60. The average molecular weight is 323 g/mol. The molecule has 4 nitrogen and oxygen atoms in total. The van der Waals surface area contributed by atoms with Gasteiger partial charge in [-0.25, -0.2) is 4.79 Å². The number of H-pyrrole nitrogens is 2. The highest BCUT2D eigenvalue weighted by molar-refractivity contribution is 9.10. The van der Waals surface area contributed by atoms with Gasteiger partial charge in [0.15, 0.2) is 0 Å². The van der Waals surface area contributed by atoms with Gasteiger partial charge in [0.1, 0.15) is 4.70 Å². The highest BCUT2D eigenvalue weighted by Crippen LogP contribution is 2.30. The molecule has 0 bridgehead atoms. The first-order valence-electron chi connectivity index (χ1n) is 5.15. The summed E-state index contributed by atoms with van der Waals surface area (Å²) < 4.78 is 1.52. The Morgan fingerprint density at radius 2 is 1.78 bits per heavy atom. The topological polar surface area (TPSA) is 65.7 Å². The van der Waals surface area contributed by atoms with Crippen molar-refractivity contribution in [2.75, 3.05) is 0 Å². The number of hydrogen-bond acceptors (Lipinski definition) is 3. The summed E-state index contributed by atoms with van der Waals surface area (Å²) in [6, 6.07) is 7.71. The van der Waals surface area contributed by atoms with Gasteiger partial charge < -0.3 is 4.98 Å². The smallest absolute Gasteiger partial charge is 0.305 e. The summed E-state index contributed by atoms with van der Waals surface area (Å²) >= 11 is 4.69. The van der Waals surface area contributed by atoms with Crippen molar-refractivity contribution in [2.45, 2.75) is 0 Å². The number of aromatic amines is 2. The van der Waals surface area contributed by atoms with Crippen LogP contribution in [0.15, 0.2) is 43.7 Å². The third-order valence-electron chi connectivity index (χ3n) is 2.62. The predicted molar refractivity (Wildman–Crippen MR) is 76.2 cm³/mol. The molecule has 2 aromatic heterocycles. The lowest BCUT2D eigenvalue weighted by molar-refractivity contribution is 1.09. The molecule has 0 saturated heterocycles. The molecule has 0 fully saturated rings.